The van der Waals surface area contributed by atoms with E-state index in [4.69, 9.17) is 15.7 Å². The molecule has 116 valence electrons. The summed E-state index contributed by atoms with van der Waals surface area (Å²) in [5.74, 6) is 5.23. The molecule has 0 aliphatic rings. The van der Waals surface area contributed by atoms with Crippen LogP contribution in [0.2, 0.25) is 0 Å². The average molecular weight is 294 g/mol. The number of carboxylic acid groups (broad SMARTS) is 1. The molecule has 0 spiro atoms. The number of nitrogens with two attached hydrogens (primary N) is 1. The first kappa shape index (κ1) is 17.0. The molecule has 1 aromatic rings. The van der Waals surface area contributed by atoms with Gasteiger partial charge in [-0.1, -0.05) is 31.9 Å². The predicted octanol–water partition coefficient (Wildman–Crippen LogP) is 2.95. The van der Waals surface area contributed by atoms with Crippen molar-refractivity contribution >= 4 is 12.1 Å². The topological polar surface area (TPSA) is 92.9 Å². The lowest BCUT2D eigenvalue weighted by molar-refractivity contribution is 0.0526. The summed E-state index contributed by atoms with van der Waals surface area (Å²) < 4.78 is 4.91. The van der Waals surface area contributed by atoms with Crippen LogP contribution in [0.3, 0.4) is 0 Å². The summed E-state index contributed by atoms with van der Waals surface area (Å²) in [5, 5.41) is 9.87. The zero-order valence-corrected chi connectivity index (χ0v) is 12.4. The van der Waals surface area contributed by atoms with Gasteiger partial charge < -0.3 is 9.84 Å². The Bertz CT molecular complexity index is 473. The van der Waals surface area contributed by atoms with Crippen molar-refractivity contribution in [2.24, 2.45) is 5.84 Å². The van der Waals surface area contributed by atoms with Crippen LogP contribution in [0.5, 0.6) is 0 Å². The molecule has 0 fully saturated rings. The van der Waals surface area contributed by atoms with Gasteiger partial charge in [0.2, 0.25) is 0 Å². The molecule has 1 rings (SSSR count). The first-order valence-electron chi connectivity index (χ1n) is 7.05. The Labute approximate surface area is 124 Å². The normalized spacial score (nSPS) is 11.8. The molecule has 0 aromatic heterocycles. The van der Waals surface area contributed by atoms with Crippen LogP contribution in [0.25, 0.3) is 0 Å². The van der Waals surface area contributed by atoms with Crippen LogP contribution in [0.15, 0.2) is 24.3 Å². The van der Waals surface area contributed by atoms with Gasteiger partial charge in [-0.3, -0.25) is 0 Å². The van der Waals surface area contributed by atoms with Crippen LogP contribution in [0.1, 0.15) is 55.1 Å². The summed E-state index contributed by atoms with van der Waals surface area (Å²) in [6.07, 6.45) is 1.28. The fourth-order valence-electron chi connectivity index (χ4n) is 2.05. The number of carbonyl (C=O) groups is 2. The van der Waals surface area contributed by atoms with Crippen LogP contribution < -0.4 is 5.84 Å². The number of ether oxygens (including phenoxy) is 1. The van der Waals surface area contributed by atoms with Crippen molar-refractivity contribution in [1.82, 2.24) is 5.01 Å². The van der Waals surface area contributed by atoms with Gasteiger partial charge in [0.05, 0.1) is 18.2 Å². The molecular formula is C15H22N2O4. The molecule has 1 atom stereocenters. The van der Waals surface area contributed by atoms with E-state index in [1.54, 1.807) is 31.2 Å². The number of rotatable bonds is 7. The van der Waals surface area contributed by atoms with Crippen molar-refractivity contribution < 1.29 is 19.4 Å². The van der Waals surface area contributed by atoms with Crippen molar-refractivity contribution in [3.63, 3.8) is 0 Å². The van der Waals surface area contributed by atoms with E-state index in [9.17, 15) is 9.59 Å². The minimum Gasteiger partial charge on any atom is -0.464 e. The first-order valence-corrected chi connectivity index (χ1v) is 7.05. The van der Waals surface area contributed by atoms with Crippen molar-refractivity contribution in [2.45, 2.75) is 39.2 Å². The molecule has 0 saturated heterocycles. The Morgan fingerprint density at radius 3 is 2.38 bits per heavy atom. The summed E-state index contributed by atoms with van der Waals surface area (Å²) in [6.45, 7) is 4.09. The molecule has 0 bridgehead atoms. The maximum absolute atomic E-state index is 11.6. The highest BCUT2D eigenvalue weighted by Gasteiger charge is 2.21. The third-order valence-electron chi connectivity index (χ3n) is 3.19. The van der Waals surface area contributed by atoms with E-state index in [1.165, 1.54) is 0 Å². The Morgan fingerprint density at radius 2 is 1.90 bits per heavy atom. The summed E-state index contributed by atoms with van der Waals surface area (Å²) in [4.78, 5) is 22.7. The molecule has 1 unspecified atom stereocenters. The van der Waals surface area contributed by atoms with Gasteiger partial charge in [-0.05, 0) is 31.0 Å². The van der Waals surface area contributed by atoms with Gasteiger partial charge >= 0.3 is 12.1 Å². The maximum Gasteiger partial charge on any atom is 0.422 e. The predicted molar refractivity (Wildman–Crippen MR) is 78.7 cm³/mol. The van der Waals surface area contributed by atoms with Crippen molar-refractivity contribution in [2.75, 3.05) is 6.61 Å². The molecule has 6 nitrogen and oxygen atoms in total. The van der Waals surface area contributed by atoms with Crippen LogP contribution in [0, 0.1) is 0 Å². The molecule has 1 amide bonds. The molecule has 0 heterocycles. The van der Waals surface area contributed by atoms with E-state index < -0.39 is 18.1 Å². The summed E-state index contributed by atoms with van der Waals surface area (Å²) in [6, 6.07) is 6.27. The Kier molecular flexibility index (Phi) is 6.68. The summed E-state index contributed by atoms with van der Waals surface area (Å²) >= 11 is 0. The first-order chi connectivity index (χ1) is 10.0. The standard InChI is InChI=1S/C15H22N2O4/c1-3-5-6-13(17(16)15(19)20)11-7-9-12(10-8-11)14(18)21-4-2/h7-10,13H,3-6,16H2,1-2H3,(H,19,20). The van der Waals surface area contributed by atoms with Crippen molar-refractivity contribution in [3.8, 4) is 0 Å². The second kappa shape index (κ2) is 8.26. The van der Waals surface area contributed by atoms with Gasteiger partial charge in [0.15, 0.2) is 0 Å². The number of benzene rings is 1. The zero-order valence-electron chi connectivity index (χ0n) is 12.4. The minimum absolute atomic E-state index is 0.315. The Morgan fingerprint density at radius 1 is 1.29 bits per heavy atom. The zero-order chi connectivity index (χ0) is 15.8. The highest BCUT2D eigenvalue weighted by molar-refractivity contribution is 5.89. The minimum atomic E-state index is -1.18. The largest absolute Gasteiger partial charge is 0.464 e. The highest BCUT2D eigenvalue weighted by atomic mass is 16.5. The molecule has 0 aliphatic carbocycles. The third kappa shape index (κ3) is 4.75. The van der Waals surface area contributed by atoms with Crippen LogP contribution in [-0.2, 0) is 4.74 Å². The third-order valence-corrected chi connectivity index (χ3v) is 3.19. The monoisotopic (exact) mass is 294 g/mol. The number of hydrogen-bond donors (Lipinski definition) is 2. The SMILES string of the molecule is CCCCC(c1ccc(C(=O)OCC)cc1)N(N)C(=O)O. The number of esters is 1. The maximum atomic E-state index is 11.6. The van der Waals surface area contributed by atoms with Gasteiger partial charge in [0, 0.05) is 0 Å². The van der Waals surface area contributed by atoms with Crippen LogP contribution >= 0.6 is 0 Å². The van der Waals surface area contributed by atoms with E-state index in [-0.39, 0.29) is 0 Å². The lowest BCUT2D eigenvalue weighted by atomic mass is 9.99. The van der Waals surface area contributed by atoms with Gasteiger partial charge in [0.25, 0.3) is 0 Å². The lowest BCUT2D eigenvalue weighted by Gasteiger charge is -2.25. The molecule has 1 aromatic carbocycles. The number of carbonyl (C=O) groups excluding carboxylic acids is 1. The number of hydrogen-bond acceptors (Lipinski definition) is 4. The number of nitrogens with zero attached hydrogens (tertiary/aromatic N) is 1. The van der Waals surface area contributed by atoms with Gasteiger partial charge in [-0.2, -0.15) is 0 Å². The quantitative estimate of drug-likeness (QED) is 0.349. The fourth-order valence-corrected chi connectivity index (χ4v) is 2.05. The van der Waals surface area contributed by atoms with Crippen LogP contribution in [0.4, 0.5) is 4.79 Å². The second-order valence-corrected chi connectivity index (χ2v) is 4.69. The average Bonchev–Trinajstić information content (AvgIpc) is 2.48. The van der Waals surface area contributed by atoms with Crippen molar-refractivity contribution in [3.05, 3.63) is 35.4 Å². The van der Waals surface area contributed by atoms with Crippen molar-refractivity contribution in [1.29, 1.82) is 0 Å². The van der Waals surface area contributed by atoms with E-state index in [0.717, 1.165) is 23.4 Å². The van der Waals surface area contributed by atoms with Gasteiger partial charge in [0.1, 0.15) is 0 Å². The number of amides is 1. The Balaban J connectivity index is 2.92. The molecular weight excluding hydrogens is 272 g/mol. The van der Waals surface area contributed by atoms with Gasteiger partial charge in [-0.15, -0.1) is 0 Å². The molecule has 0 aliphatic heterocycles. The molecule has 3 N–H and O–H groups in total. The van der Waals surface area contributed by atoms with Gasteiger partial charge in [-0.25, -0.2) is 20.4 Å². The molecule has 6 heteroatoms. The second-order valence-electron chi connectivity index (χ2n) is 4.69. The van der Waals surface area contributed by atoms with E-state index in [2.05, 4.69) is 0 Å². The highest BCUT2D eigenvalue weighted by Crippen LogP contribution is 2.24. The molecule has 0 radical (unpaired) electrons. The summed E-state index contributed by atoms with van der Waals surface area (Å²) in [5.41, 5.74) is 1.20. The smallest absolute Gasteiger partial charge is 0.422 e. The van der Waals surface area contributed by atoms with E-state index in [1.807, 2.05) is 6.92 Å². The van der Waals surface area contributed by atoms with E-state index >= 15 is 0 Å². The Hall–Kier alpha value is -2.08. The fraction of sp³-hybridized carbons (Fsp3) is 0.467. The number of hydrazine groups is 1. The van der Waals surface area contributed by atoms with E-state index in [0.29, 0.717) is 18.6 Å². The lowest BCUT2D eigenvalue weighted by Crippen LogP contribution is -2.39. The van der Waals surface area contributed by atoms with Crippen LogP contribution in [-0.4, -0.2) is 28.8 Å². The number of unbranched alkanes of at least 4 members (excludes halogenated alkanes) is 1. The molecule has 0 saturated carbocycles. The summed E-state index contributed by atoms with van der Waals surface area (Å²) in [7, 11) is 0. The molecule has 21 heavy (non-hydrogen) atoms.